The average Bonchev–Trinajstić information content (AvgIpc) is 2.49. The smallest absolute Gasteiger partial charge is 0.261 e. The molecule has 0 saturated carbocycles. The van der Waals surface area contributed by atoms with Gasteiger partial charge in [0, 0.05) is 5.02 Å². The molecule has 0 radical (unpaired) electrons. The molecule has 0 saturated heterocycles. The van der Waals surface area contributed by atoms with Gasteiger partial charge < -0.3 is 10.1 Å². The first-order valence-corrected chi connectivity index (χ1v) is 8.04. The van der Waals surface area contributed by atoms with E-state index in [0.29, 0.717) is 10.8 Å². The molecule has 0 aliphatic rings. The van der Waals surface area contributed by atoms with Crippen molar-refractivity contribution in [3.63, 3.8) is 0 Å². The largest absolute Gasteiger partial charge is 0.481 e. The second-order valence-corrected chi connectivity index (χ2v) is 6.24. The zero-order valence-electron chi connectivity index (χ0n) is 13.9. The highest BCUT2D eigenvalue weighted by Crippen LogP contribution is 2.20. The van der Waals surface area contributed by atoms with Crippen molar-refractivity contribution in [3.05, 3.63) is 64.2 Å². The third kappa shape index (κ3) is 4.73. The molecule has 0 unspecified atom stereocenters. The van der Waals surface area contributed by atoms with Crippen molar-refractivity contribution in [3.8, 4) is 5.75 Å². The number of hydrogen-bond donors (Lipinski definition) is 1. The minimum atomic E-state index is -0.596. The predicted molar refractivity (Wildman–Crippen MR) is 94.0 cm³/mol. The molecule has 0 aliphatic carbocycles. The molecule has 2 aromatic rings. The van der Waals surface area contributed by atoms with Crippen LogP contribution in [0.5, 0.6) is 5.75 Å². The Labute approximate surface area is 142 Å². The summed E-state index contributed by atoms with van der Waals surface area (Å²) in [6.45, 7) is 7.80. The van der Waals surface area contributed by atoms with Crippen LogP contribution in [0.4, 0.5) is 0 Å². The number of carbonyl (C=O) groups excluding carboxylic acids is 1. The first-order valence-electron chi connectivity index (χ1n) is 7.66. The van der Waals surface area contributed by atoms with Gasteiger partial charge in [0.2, 0.25) is 0 Å². The van der Waals surface area contributed by atoms with E-state index >= 15 is 0 Å². The fourth-order valence-corrected chi connectivity index (χ4v) is 2.61. The fourth-order valence-electron chi connectivity index (χ4n) is 2.43. The van der Waals surface area contributed by atoms with Gasteiger partial charge in [-0.25, -0.2) is 0 Å². The number of amides is 1. The zero-order valence-corrected chi connectivity index (χ0v) is 14.6. The van der Waals surface area contributed by atoms with Gasteiger partial charge in [0.15, 0.2) is 6.10 Å². The van der Waals surface area contributed by atoms with E-state index < -0.39 is 6.10 Å². The third-order valence-electron chi connectivity index (χ3n) is 3.74. The fraction of sp³-hybridized carbons (Fsp3) is 0.316. The lowest BCUT2D eigenvalue weighted by Gasteiger charge is -2.20. The summed E-state index contributed by atoms with van der Waals surface area (Å²) in [7, 11) is 0. The lowest BCUT2D eigenvalue weighted by molar-refractivity contribution is -0.127. The number of halogens is 1. The van der Waals surface area contributed by atoms with Gasteiger partial charge in [-0.05, 0) is 57.0 Å². The molecule has 0 aliphatic heterocycles. The number of carbonyl (C=O) groups is 1. The third-order valence-corrected chi connectivity index (χ3v) is 3.97. The average molecular weight is 332 g/mol. The molecular formula is C19H22ClNO2. The summed E-state index contributed by atoms with van der Waals surface area (Å²) in [6.07, 6.45) is -0.596. The summed E-state index contributed by atoms with van der Waals surface area (Å²) in [4.78, 5) is 12.3. The highest BCUT2D eigenvalue weighted by Gasteiger charge is 2.18. The van der Waals surface area contributed by atoms with Gasteiger partial charge in [0.25, 0.3) is 5.91 Å². The van der Waals surface area contributed by atoms with Crippen LogP contribution in [0, 0.1) is 13.8 Å². The number of aryl methyl sites for hydroxylation is 2. The Morgan fingerprint density at radius 2 is 1.87 bits per heavy atom. The van der Waals surface area contributed by atoms with Crippen molar-refractivity contribution in [2.75, 3.05) is 0 Å². The Morgan fingerprint density at radius 1 is 1.13 bits per heavy atom. The SMILES string of the molecule is Cc1ccc(C)c([C@@H](C)NC(=O)[C@@H](C)Oc2cccc(Cl)c2)c1. The minimum Gasteiger partial charge on any atom is -0.481 e. The highest BCUT2D eigenvalue weighted by molar-refractivity contribution is 6.30. The summed E-state index contributed by atoms with van der Waals surface area (Å²) >= 11 is 5.92. The van der Waals surface area contributed by atoms with E-state index in [0.717, 1.165) is 11.1 Å². The van der Waals surface area contributed by atoms with Crippen LogP contribution in [0.25, 0.3) is 0 Å². The number of benzene rings is 2. The van der Waals surface area contributed by atoms with Crippen molar-refractivity contribution in [1.82, 2.24) is 5.32 Å². The standard InChI is InChI=1S/C19H22ClNO2/c1-12-8-9-13(2)18(10-12)14(3)21-19(22)15(4)23-17-7-5-6-16(20)11-17/h5-11,14-15H,1-4H3,(H,21,22)/t14-,15-/m1/s1. The Balaban J connectivity index is 2.01. The zero-order chi connectivity index (χ0) is 17.0. The number of ether oxygens (including phenoxy) is 1. The van der Waals surface area contributed by atoms with E-state index in [1.807, 2.05) is 20.8 Å². The molecule has 0 fully saturated rings. The highest BCUT2D eigenvalue weighted by atomic mass is 35.5. The Morgan fingerprint density at radius 3 is 2.57 bits per heavy atom. The molecule has 0 aromatic heterocycles. The molecule has 23 heavy (non-hydrogen) atoms. The van der Waals surface area contributed by atoms with Gasteiger partial charge in [-0.3, -0.25) is 4.79 Å². The van der Waals surface area contributed by atoms with Crippen molar-refractivity contribution in [1.29, 1.82) is 0 Å². The molecule has 0 spiro atoms. The summed E-state index contributed by atoms with van der Waals surface area (Å²) in [5.74, 6) is 0.429. The van der Waals surface area contributed by atoms with E-state index in [-0.39, 0.29) is 11.9 Å². The van der Waals surface area contributed by atoms with Crippen LogP contribution >= 0.6 is 11.6 Å². The molecule has 2 aromatic carbocycles. The second-order valence-electron chi connectivity index (χ2n) is 5.81. The van der Waals surface area contributed by atoms with Crippen molar-refractivity contribution in [2.45, 2.75) is 39.8 Å². The van der Waals surface area contributed by atoms with Crippen LogP contribution in [-0.2, 0) is 4.79 Å². The van der Waals surface area contributed by atoms with Crippen LogP contribution in [0.1, 0.15) is 36.6 Å². The van der Waals surface area contributed by atoms with Gasteiger partial charge in [-0.2, -0.15) is 0 Å². The monoisotopic (exact) mass is 331 g/mol. The maximum absolute atomic E-state index is 12.3. The predicted octanol–water partition coefficient (Wildman–Crippen LogP) is 4.60. The van der Waals surface area contributed by atoms with Gasteiger partial charge >= 0.3 is 0 Å². The second kappa shape index (κ2) is 7.51. The van der Waals surface area contributed by atoms with Crippen molar-refractivity contribution >= 4 is 17.5 Å². The quantitative estimate of drug-likeness (QED) is 0.869. The molecule has 2 atom stereocenters. The van der Waals surface area contributed by atoms with Crippen LogP contribution in [0.2, 0.25) is 5.02 Å². The Bertz CT molecular complexity index is 700. The number of rotatable bonds is 5. The van der Waals surface area contributed by atoms with Gasteiger partial charge in [-0.15, -0.1) is 0 Å². The van der Waals surface area contributed by atoms with Crippen molar-refractivity contribution in [2.24, 2.45) is 0 Å². The molecule has 1 amide bonds. The van der Waals surface area contributed by atoms with E-state index in [1.165, 1.54) is 5.56 Å². The first kappa shape index (κ1) is 17.4. The summed E-state index contributed by atoms with van der Waals surface area (Å²) in [5, 5.41) is 3.58. The van der Waals surface area contributed by atoms with E-state index in [9.17, 15) is 4.79 Å². The van der Waals surface area contributed by atoms with Crippen molar-refractivity contribution < 1.29 is 9.53 Å². The molecule has 2 rings (SSSR count). The molecule has 3 nitrogen and oxygen atoms in total. The summed E-state index contributed by atoms with van der Waals surface area (Å²) < 4.78 is 5.65. The van der Waals surface area contributed by atoms with E-state index in [2.05, 4.69) is 23.5 Å². The van der Waals surface area contributed by atoms with E-state index in [1.54, 1.807) is 31.2 Å². The summed E-state index contributed by atoms with van der Waals surface area (Å²) in [6, 6.07) is 13.2. The molecule has 1 N–H and O–H groups in total. The maximum Gasteiger partial charge on any atom is 0.261 e. The van der Waals surface area contributed by atoms with Crippen LogP contribution in [0.15, 0.2) is 42.5 Å². The lowest BCUT2D eigenvalue weighted by Crippen LogP contribution is -2.38. The van der Waals surface area contributed by atoms with Crippen LogP contribution in [0.3, 0.4) is 0 Å². The number of hydrogen-bond acceptors (Lipinski definition) is 2. The molecule has 0 bridgehead atoms. The van der Waals surface area contributed by atoms with Crippen LogP contribution in [-0.4, -0.2) is 12.0 Å². The first-order chi connectivity index (χ1) is 10.9. The van der Waals surface area contributed by atoms with Gasteiger partial charge in [0.05, 0.1) is 6.04 Å². The Hall–Kier alpha value is -2.00. The van der Waals surface area contributed by atoms with Crippen LogP contribution < -0.4 is 10.1 Å². The van der Waals surface area contributed by atoms with E-state index in [4.69, 9.17) is 16.3 Å². The maximum atomic E-state index is 12.3. The molecule has 0 heterocycles. The normalized spacial score (nSPS) is 13.3. The summed E-state index contributed by atoms with van der Waals surface area (Å²) in [5.41, 5.74) is 3.45. The molecule has 122 valence electrons. The number of nitrogens with one attached hydrogen (secondary N) is 1. The minimum absolute atomic E-state index is 0.0761. The Kier molecular flexibility index (Phi) is 5.67. The molecular weight excluding hydrogens is 310 g/mol. The lowest BCUT2D eigenvalue weighted by atomic mass is 10.00. The van der Waals surface area contributed by atoms with Gasteiger partial charge in [0.1, 0.15) is 5.75 Å². The van der Waals surface area contributed by atoms with Gasteiger partial charge in [-0.1, -0.05) is 41.4 Å². The molecule has 4 heteroatoms. The topological polar surface area (TPSA) is 38.3 Å².